The summed E-state index contributed by atoms with van der Waals surface area (Å²) in [5.41, 5.74) is 4.89. The molecule has 1 amide bonds. The van der Waals surface area contributed by atoms with Crippen LogP contribution in [0.2, 0.25) is 0 Å². The molecule has 0 bridgehead atoms. The van der Waals surface area contributed by atoms with Crippen LogP contribution >= 0.6 is 11.3 Å². The molecule has 0 aliphatic carbocycles. The zero-order chi connectivity index (χ0) is 16.6. The highest BCUT2D eigenvalue weighted by atomic mass is 32.1. The number of amides is 1. The third kappa shape index (κ3) is 3.19. The quantitative estimate of drug-likeness (QED) is 0.745. The summed E-state index contributed by atoms with van der Waals surface area (Å²) in [6.07, 6.45) is 0. The molecule has 2 heterocycles. The van der Waals surface area contributed by atoms with Crippen molar-refractivity contribution in [3.05, 3.63) is 57.8 Å². The molecule has 0 spiro atoms. The Kier molecular flexibility index (Phi) is 4.05. The minimum absolute atomic E-state index is 0.0991. The van der Waals surface area contributed by atoms with E-state index >= 15 is 0 Å². The van der Waals surface area contributed by atoms with Gasteiger partial charge in [0.05, 0.1) is 16.1 Å². The van der Waals surface area contributed by atoms with Crippen molar-refractivity contribution >= 4 is 22.9 Å². The Morgan fingerprint density at radius 1 is 1.09 bits per heavy atom. The van der Waals surface area contributed by atoms with Crippen LogP contribution in [0.3, 0.4) is 0 Å². The first-order chi connectivity index (χ1) is 10.9. The monoisotopic (exact) mass is 326 g/mol. The largest absolute Gasteiger partial charge is 0.361 e. The van der Waals surface area contributed by atoms with E-state index in [1.165, 1.54) is 11.3 Å². The van der Waals surface area contributed by atoms with Crippen LogP contribution in [0.15, 0.2) is 34.9 Å². The van der Waals surface area contributed by atoms with Gasteiger partial charge in [-0.1, -0.05) is 11.2 Å². The molecular formula is C18H18N2O2S. The number of carbonyl (C=O) groups is 1. The van der Waals surface area contributed by atoms with Crippen LogP contribution in [0.1, 0.15) is 32.3 Å². The van der Waals surface area contributed by atoms with Gasteiger partial charge in [-0.05, 0) is 63.1 Å². The van der Waals surface area contributed by atoms with Crippen LogP contribution in [-0.4, -0.2) is 11.1 Å². The molecule has 0 radical (unpaired) electrons. The molecule has 3 rings (SSSR count). The number of nitrogens with one attached hydrogen (secondary N) is 1. The summed E-state index contributed by atoms with van der Waals surface area (Å²) in [7, 11) is 0. The topological polar surface area (TPSA) is 55.1 Å². The standard InChI is InChI=1S/C18H18N2O2S/c1-10-7-11(2)9-14(8-10)19-18(21)16-6-5-15(23-16)17-12(3)20-22-13(17)4/h5-9H,1-4H3,(H,19,21). The summed E-state index contributed by atoms with van der Waals surface area (Å²) in [5, 5.41) is 6.93. The van der Waals surface area contributed by atoms with Crippen LogP contribution < -0.4 is 5.32 Å². The third-order valence-corrected chi connectivity index (χ3v) is 4.69. The molecule has 0 aliphatic heterocycles. The molecule has 5 heteroatoms. The summed E-state index contributed by atoms with van der Waals surface area (Å²) in [5.74, 6) is 0.670. The normalized spacial score (nSPS) is 10.8. The minimum atomic E-state index is -0.0991. The molecule has 1 aromatic carbocycles. The van der Waals surface area contributed by atoms with Crippen LogP contribution in [-0.2, 0) is 0 Å². The maximum absolute atomic E-state index is 12.4. The molecule has 0 unspecified atom stereocenters. The molecule has 1 N–H and O–H groups in total. The van der Waals surface area contributed by atoms with E-state index in [4.69, 9.17) is 4.52 Å². The smallest absolute Gasteiger partial charge is 0.265 e. The summed E-state index contributed by atoms with van der Waals surface area (Å²) in [6.45, 7) is 7.82. The van der Waals surface area contributed by atoms with Crippen molar-refractivity contribution < 1.29 is 9.32 Å². The van der Waals surface area contributed by atoms with Crippen molar-refractivity contribution in [3.63, 3.8) is 0 Å². The highest BCUT2D eigenvalue weighted by molar-refractivity contribution is 7.17. The minimum Gasteiger partial charge on any atom is -0.361 e. The average Bonchev–Trinajstić information content (AvgIpc) is 3.05. The molecule has 0 saturated heterocycles. The molecule has 0 saturated carbocycles. The van der Waals surface area contributed by atoms with E-state index in [0.29, 0.717) is 4.88 Å². The van der Waals surface area contributed by atoms with Gasteiger partial charge in [0.2, 0.25) is 0 Å². The van der Waals surface area contributed by atoms with Crippen molar-refractivity contribution in [2.45, 2.75) is 27.7 Å². The molecule has 4 nitrogen and oxygen atoms in total. The lowest BCUT2D eigenvalue weighted by atomic mass is 10.1. The SMILES string of the molecule is Cc1cc(C)cc(NC(=O)c2ccc(-c3c(C)noc3C)s2)c1. The van der Waals surface area contributed by atoms with E-state index in [1.54, 1.807) is 0 Å². The van der Waals surface area contributed by atoms with Crippen LogP contribution in [0.4, 0.5) is 5.69 Å². The lowest BCUT2D eigenvalue weighted by Gasteiger charge is -2.06. The summed E-state index contributed by atoms with van der Waals surface area (Å²) >= 11 is 1.44. The van der Waals surface area contributed by atoms with Crippen molar-refractivity contribution in [2.75, 3.05) is 5.32 Å². The van der Waals surface area contributed by atoms with Gasteiger partial charge in [0.1, 0.15) is 5.76 Å². The molecule has 3 aromatic rings. The first kappa shape index (κ1) is 15.5. The lowest BCUT2D eigenvalue weighted by molar-refractivity contribution is 0.103. The average molecular weight is 326 g/mol. The van der Waals surface area contributed by atoms with Gasteiger partial charge < -0.3 is 9.84 Å². The Morgan fingerprint density at radius 3 is 2.39 bits per heavy atom. The number of hydrogen-bond acceptors (Lipinski definition) is 4. The zero-order valence-electron chi connectivity index (χ0n) is 13.6. The fourth-order valence-electron chi connectivity index (χ4n) is 2.67. The van der Waals surface area contributed by atoms with Gasteiger partial charge in [-0.15, -0.1) is 11.3 Å². The van der Waals surface area contributed by atoms with Crippen molar-refractivity contribution in [3.8, 4) is 10.4 Å². The van der Waals surface area contributed by atoms with Crippen molar-refractivity contribution in [1.82, 2.24) is 5.16 Å². The number of rotatable bonds is 3. The number of thiophene rings is 1. The molecule has 23 heavy (non-hydrogen) atoms. The molecule has 118 valence electrons. The van der Waals surface area contributed by atoms with Crippen molar-refractivity contribution in [2.24, 2.45) is 0 Å². The second-order valence-electron chi connectivity index (χ2n) is 5.69. The predicted molar refractivity (Wildman–Crippen MR) is 93.2 cm³/mol. The van der Waals surface area contributed by atoms with Crippen molar-refractivity contribution in [1.29, 1.82) is 0 Å². The van der Waals surface area contributed by atoms with Gasteiger partial charge >= 0.3 is 0 Å². The highest BCUT2D eigenvalue weighted by Gasteiger charge is 2.16. The maximum Gasteiger partial charge on any atom is 0.265 e. The first-order valence-corrected chi connectivity index (χ1v) is 8.18. The molecule has 2 aromatic heterocycles. The van der Waals surface area contributed by atoms with E-state index in [9.17, 15) is 4.79 Å². The Bertz CT molecular complexity index is 837. The summed E-state index contributed by atoms with van der Waals surface area (Å²) in [6, 6.07) is 9.79. The Balaban J connectivity index is 1.84. The van der Waals surface area contributed by atoms with Gasteiger partial charge in [-0.25, -0.2) is 0 Å². The predicted octanol–water partition coefficient (Wildman–Crippen LogP) is 4.89. The number of nitrogens with zero attached hydrogens (tertiary/aromatic N) is 1. The number of hydrogen-bond donors (Lipinski definition) is 1. The van der Waals surface area contributed by atoms with Crippen LogP contribution in [0.25, 0.3) is 10.4 Å². The first-order valence-electron chi connectivity index (χ1n) is 7.37. The third-order valence-electron chi connectivity index (χ3n) is 3.59. The Morgan fingerprint density at radius 2 is 1.78 bits per heavy atom. The molecular weight excluding hydrogens is 308 g/mol. The van der Waals surface area contributed by atoms with E-state index < -0.39 is 0 Å². The van der Waals surface area contributed by atoms with E-state index in [1.807, 2.05) is 52.0 Å². The van der Waals surface area contributed by atoms with Gasteiger partial charge in [0.25, 0.3) is 5.91 Å². The van der Waals surface area contributed by atoms with E-state index in [2.05, 4.69) is 16.5 Å². The van der Waals surface area contributed by atoms with Gasteiger partial charge in [-0.3, -0.25) is 4.79 Å². The Hall–Kier alpha value is -2.40. The highest BCUT2D eigenvalue weighted by Crippen LogP contribution is 2.33. The van der Waals surface area contributed by atoms with Gasteiger partial charge in [0, 0.05) is 10.6 Å². The molecule has 0 aliphatic rings. The van der Waals surface area contributed by atoms with Crippen LogP contribution in [0, 0.1) is 27.7 Å². The Labute approximate surface area is 139 Å². The van der Waals surface area contributed by atoms with Gasteiger partial charge in [0.15, 0.2) is 0 Å². The number of benzene rings is 1. The number of carbonyl (C=O) groups excluding carboxylic acids is 1. The maximum atomic E-state index is 12.4. The van der Waals surface area contributed by atoms with E-state index in [-0.39, 0.29) is 5.91 Å². The summed E-state index contributed by atoms with van der Waals surface area (Å²) < 4.78 is 5.20. The zero-order valence-corrected chi connectivity index (χ0v) is 14.4. The van der Waals surface area contributed by atoms with Gasteiger partial charge in [-0.2, -0.15) is 0 Å². The van der Waals surface area contributed by atoms with E-state index in [0.717, 1.165) is 38.7 Å². The fraction of sp³-hybridized carbons (Fsp3) is 0.222. The molecule has 0 atom stereocenters. The second kappa shape index (κ2) is 6.01. The number of aryl methyl sites for hydroxylation is 4. The lowest BCUT2D eigenvalue weighted by Crippen LogP contribution is -2.10. The number of anilines is 1. The number of aromatic nitrogens is 1. The summed E-state index contributed by atoms with van der Waals surface area (Å²) in [4.78, 5) is 14.1. The second-order valence-corrected chi connectivity index (χ2v) is 6.78. The molecule has 0 fully saturated rings. The fourth-order valence-corrected chi connectivity index (χ4v) is 3.71. The van der Waals surface area contributed by atoms with Crippen LogP contribution in [0.5, 0.6) is 0 Å².